The Morgan fingerprint density at radius 3 is 2.33 bits per heavy atom. The van der Waals surface area contributed by atoms with Crippen LogP contribution in [-0.2, 0) is 14.3 Å². The number of ether oxygens (including phenoxy) is 2. The Hall–Kier alpha value is -0.410. The molecule has 0 unspecified atom stereocenters. The zero-order valence-corrected chi connectivity index (χ0v) is 8.13. The van der Waals surface area contributed by atoms with Crippen molar-refractivity contribution in [3.8, 4) is 0 Å². The van der Waals surface area contributed by atoms with Gasteiger partial charge in [-0.25, -0.2) is 0 Å². The second-order valence-corrected chi connectivity index (χ2v) is 3.53. The molecule has 0 heterocycles. The lowest BCUT2D eigenvalue weighted by Crippen LogP contribution is -2.21. The lowest BCUT2D eigenvalue weighted by atomic mass is 10.2. The van der Waals surface area contributed by atoms with E-state index in [-0.39, 0.29) is 5.60 Å². The molecule has 0 radical (unpaired) electrons. The molecule has 0 bridgehead atoms. The van der Waals surface area contributed by atoms with Crippen LogP contribution in [0.1, 0.15) is 27.2 Å². The number of carbonyl (C=O) groups is 1. The van der Waals surface area contributed by atoms with Crippen LogP contribution in [0.25, 0.3) is 0 Å². The Balaban J connectivity index is 3.06. The van der Waals surface area contributed by atoms with E-state index >= 15 is 0 Å². The van der Waals surface area contributed by atoms with Crippen molar-refractivity contribution in [1.29, 1.82) is 0 Å². The van der Waals surface area contributed by atoms with Gasteiger partial charge in [0.25, 0.3) is 0 Å². The third-order valence-corrected chi connectivity index (χ3v) is 1.14. The van der Waals surface area contributed by atoms with Crippen LogP contribution >= 0.6 is 0 Å². The molecule has 0 amide bonds. The van der Waals surface area contributed by atoms with Crippen molar-refractivity contribution in [2.45, 2.75) is 32.8 Å². The van der Waals surface area contributed by atoms with Gasteiger partial charge in [-0.05, 0) is 20.8 Å². The van der Waals surface area contributed by atoms with E-state index in [1.807, 2.05) is 20.8 Å². The van der Waals surface area contributed by atoms with Crippen LogP contribution in [0.4, 0.5) is 0 Å². The molecule has 0 saturated heterocycles. The third kappa shape index (κ3) is 9.59. The maximum atomic E-state index is 9.89. The molecule has 72 valence electrons. The smallest absolute Gasteiger partial charge is 0.122 e. The molecule has 0 N–H and O–H groups in total. The van der Waals surface area contributed by atoms with Crippen LogP contribution in [0, 0.1) is 0 Å². The summed E-state index contributed by atoms with van der Waals surface area (Å²) in [5.74, 6) is 0. The van der Waals surface area contributed by atoms with E-state index in [0.717, 1.165) is 6.29 Å². The van der Waals surface area contributed by atoms with Crippen molar-refractivity contribution < 1.29 is 14.3 Å². The SMILES string of the molecule is CC(C)(C)OCCOCCC=O. The predicted octanol–water partition coefficient (Wildman–Crippen LogP) is 1.41. The predicted molar refractivity (Wildman–Crippen MR) is 47.2 cm³/mol. The normalized spacial score (nSPS) is 11.6. The zero-order valence-electron chi connectivity index (χ0n) is 8.13. The lowest BCUT2D eigenvalue weighted by molar-refractivity contribution is -0.109. The van der Waals surface area contributed by atoms with Gasteiger partial charge in [-0.2, -0.15) is 0 Å². The van der Waals surface area contributed by atoms with Crippen molar-refractivity contribution in [2.24, 2.45) is 0 Å². The van der Waals surface area contributed by atoms with Crippen LogP contribution in [0.2, 0.25) is 0 Å². The summed E-state index contributed by atoms with van der Waals surface area (Å²) in [6.45, 7) is 7.64. The first kappa shape index (κ1) is 11.6. The first-order chi connectivity index (χ1) is 5.56. The molecular weight excluding hydrogens is 156 g/mol. The minimum absolute atomic E-state index is 0.103. The first-order valence-electron chi connectivity index (χ1n) is 4.21. The quantitative estimate of drug-likeness (QED) is 0.451. The highest BCUT2D eigenvalue weighted by atomic mass is 16.5. The van der Waals surface area contributed by atoms with Crippen molar-refractivity contribution >= 4 is 6.29 Å². The maximum absolute atomic E-state index is 9.89. The summed E-state index contributed by atoms with van der Waals surface area (Å²) < 4.78 is 10.5. The van der Waals surface area contributed by atoms with Gasteiger partial charge in [-0.3, -0.25) is 0 Å². The molecule has 0 fully saturated rings. The molecule has 0 aliphatic heterocycles. The molecule has 0 spiro atoms. The standard InChI is InChI=1S/C9H18O3/c1-9(2,3)12-8-7-11-6-4-5-10/h5H,4,6-8H2,1-3H3. The Bertz CT molecular complexity index is 115. The zero-order chi connectivity index (χ0) is 9.45. The average molecular weight is 174 g/mol. The molecular formula is C9H18O3. The second-order valence-electron chi connectivity index (χ2n) is 3.53. The van der Waals surface area contributed by atoms with E-state index in [4.69, 9.17) is 9.47 Å². The fraction of sp³-hybridized carbons (Fsp3) is 0.889. The van der Waals surface area contributed by atoms with Crippen molar-refractivity contribution in [1.82, 2.24) is 0 Å². The highest BCUT2D eigenvalue weighted by Crippen LogP contribution is 2.05. The van der Waals surface area contributed by atoms with E-state index in [0.29, 0.717) is 26.2 Å². The molecule has 0 aromatic rings. The Morgan fingerprint density at radius 2 is 1.83 bits per heavy atom. The van der Waals surface area contributed by atoms with E-state index in [1.54, 1.807) is 0 Å². The van der Waals surface area contributed by atoms with Crippen LogP contribution in [0.15, 0.2) is 0 Å². The van der Waals surface area contributed by atoms with Gasteiger partial charge < -0.3 is 14.3 Å². The summed E-state index contributed by atoms with van der Waals surface area (Å²) >= 11 is 0. The van der Waals surface area contributed by atoms with Crippen LogP contribution in [-0.4, -0.2) is 31.7 Å². The van der Waals surface area contributed by atoms with Gasteiger partial charge in [-0.1, -0.05) is 0 Å². The van der Waals surface area contributed by atoms with Crippen LogP contribution in [0.5, 0.6) is 0 Å². The van der Waals surface area contributed by atoms with Gasteiger partial charge in [0, 0.05) is 6.42 Å². The van der Waals surface area contributed by atoms with Crippen molar-refractivity contribution in [3.05, 3.63) is 0 Å². The summed E-state index contributed by atoms with van der Waals surface area (Å²) in [4.78, 5) is 9.89. The van der Waals surface area contributed by atoms with Gasteiger partial charge in [0.05, 0.1) is 25.4 Å². The molecule has 0 aromatic carbocycles. The summed E-state index contributed by atoms with van der Waals surface area (Å²) in [6.07, 6.45) is 1.32. The van der Waals surface area contributed by atoms with Gasteiger partial charge >= 0.3 is 0 Å². The molecule has 0 aliphatic rings. The van der Waals surface area contributed by atoms with Crippen LogP contribution in [0.3, 0.4) is 0 Å². The van der Waals surface area contributed by atoms with Crippen molar-refractivity contribution in [2.75, 3.05) is 19.8 Å². The topological polar surface area (TPSA) is 35.5 Å². The number of aldehydes is 1. The lowest BCUT2D eigenvalue weighted by Gasteiger charge is -2.19. The summed E-state index contributed by atoms with van der Waals surface area (Å²) in [5, 5.41) is 0. The number of carbonyl (C=O) groups excluding carboxylic acids is 1. The first-order valence-corrected chi connectivity index (χ1v) is 4.21. The fourth-order valence-electron chi connectivity index (χ4n) is 0.640. The highest BCUT2D eigenvalue weighted by Gasteiger charge is 2.08. The maximum Gasteiger partial charge on any atom is 0.122 e. The molecule has 0 atom stereocenters. The summed E-state index contributed by atoms with van der Waals surface area (Å²) in [6, 6.07) is 0. The minimum Gasteiger partial charge on any atom is -0.379 e. The Morgan fingerprint density at radius 1 is 1.17 bits per heavy atom. The molecule has 0 rings (SSSR count). The summed E-state index contributed by atoms with van der Waals surface area (Å²) in [7, 11) is 0. The van der Waals surface area contributed by atoms with Gasteiger partial charge in [-0.15, -0.1) is 0 Å². The molecule has 0 saturated carbocycles. The molecule has 3 heteroatoms. The molecule has 3 nitrogen and oxygen atoms in total. The van der Waals surface area contributed by atoms with Gasteiger partial charge in [0.2, 0.25) is 0 Å². The van der Waals surface area contributed by atoms with E-state index in [9.17, 15) is 4.79 Å². The average Bonchev–Trinajstić information content (AvgIpc) is 1.94. The van der Waals surface area contributed by atoms with Crippen molar-refractivity contribution in [3.63, 3.8) is 0 Å². The Kier molecular flexibility index (Phi) is 5.93. The summed E-state index contributed by atoms with van der Waals surface area (Å²) in [5.41, 5.74) is -0.103. The van der Waals surface area contributed by atoms with E-state index in [1.165, 1.54) is 0 Å². The number of rotatable bonds is 6. The van der Waals surface area contributed by atoms with E-state index < -0.39 is 0 Å². The monoisotopic (exact) mass is 174 g/mol. The second kappa shape index (κ2) is 6.14. The number of hydrogen-bond donors (Lipinski definition) is 0. The largest absolute Gasteiger partial charge is 0.379 e. The fourth-order valence-corrected chi connectivity index (χ4v) is 0.640. The molecule has 12 heavy (non-hydrogen) atoms. The highest BCUT2D eigenvalue weighted by molar-refractivity contribution is 5.49. The minimum atomic E-state index is -0.103. The van der Waals surface area contributed by atoms with E-state index in [2.05, 4.69) is 0 Å². The molecule has 0 aliphatic carbocycles. The molecule has 0 aromatic heterocycles. The Labute approximate surface area is 74.0 Å². The third-order valence-electron chi connectivity index (χ3n) is 1.14. The van der Waals surface area contributed by atoms with Gasteiger partial charge in [0.1, 0.15) is 6.29 Å². The number of hydrogen-bond acceptors (Lipinski definition) is 3. The van der Waals surface area contributed by atoms with Gasteiger partial charge in [0.15, 0.2) is 0 Å². The van der Waals surface area contributed by atoms with Crippen LogP contribution < -0.4 is 0 Å².